The van der Waals surface area contributed by atoms with Gasteiger partial charge in [-0.2, -0.15) is 4.31 Å². The molecular formula is C14H18ClNO5S. The van der Waals surface area contributed by atoms with Gasteiger partial charge in [0.05, 0.1) is 12.4 Å². The summed E-state index contributed by atoms with van der Waals surface area (Å²) in [5.41, 5.74) is 0.255. The Hall–Kier alpha value is -1.15. The van der Waals surface area contributed by atoms with E-state index in [0.29, 0.717) is 19.6 Å². The zero-order chi connectivity index (χ0) is 16.3. The number of aliphatic carboxylic acids is 1. The molecule has 1 saturated heterocycles. The second kappa shape index (κ2) is 6.95. The lowest BCUT2D eigenvalue weighted by atomic mass is 10.1. The molecule has 0 spiro atoms. The molecule has 0 radical (unpaired) electrons. The van der Waals surface area contributed by atoms with Crippen molar-refractivity contribution < 1.29 is 23.1 Å². The van der Waals surface area contributed by atoms with Gasteiger partial charge in [0.25, 0.3) is 0 Å². The predicted octanol–water partition coefficient (Wildman–Crippen LogP) is 1.76. The van der Waals surface area contributed by atoms with Crippen molar-refractivity contribution in [2.75, 3.05) is 26.0 Å². The molecular weight excluding hydrogens is 330 g/mol. The lowest BCUT2D eigenvalue weighted by Gasteiger charge is -2.26. The first-order valence-electron chi connectivity index (χ1n) is 6.83. The fourth-order valence-electron chi connectivity index (χ4n) is 2.47. The molecule has 122 valence electrons. The van der Waals surface area contributed by atoms with Gasteiger partial charge < -0.3 is 9.84 Å². The number of benzene rings is 1. The molecule has 1 aliphatic rings. The maximum absolute atomic E-state index is 12.5. The maximum Gasteiger partial charge on any atom is 0.326 e. The summed E-state index contributed by atoms with van der Waals surface area (Å²) in [6.45, 7) is 0.924. The first kappa shape index (κ1) is 17.2. The number of sulfonamides is 1. The first-order valence-corrected chi connectivity index (χ1v) is 8.82. The third-order valence-electron chi connectivity index (χ3n) is 3.71. The van der Waals surface area contributed by atoms with Crippen molar-refractivity contribution in [3.8, 4) is 0 Å². The summed E-state index contributed by atoms with van der Waals surface area (Å²) < 4.78 is 31.0. The van der Waals surface area contributed by atoms with Gasteiger partial charge in [-0.3, -0.25) is 4.79 Å². The van der Waals surface area contributed by atoms with Gasteiger partial charge >= 0.3 is 5.97 Å². The lowest BCUT2D eigenvalue weighted by molar-refractivity contribution is -0.141. The number of likely N-dealkylation sites (N-methyl/N-ethyl adjacent to an activating group) is 1. The molecule has 2 rings (SSSR count). The van der Waals surface area contributed by atoms with Gasteiger partial charge in [0.15, 0.2) is 0 Å². The summed E-state index contributed by atoms with van der Waals surface area (Å²) in [6, 6.07) is 5.00. The largest absolute Gasteiger partial charge is 0.480 e. The highest BCUT2D eigenvalue weighted by atomic mass is 35.5. The third kappa shape index (κ3) is 3.78. The standard InChI is InChI=1S/C14H18ClNO5S/c1-16(22(19,20)9-10-6-7-21-8-10)13(14(17)18)11-4-2-3-5-12(11)15/h2-5,10,13H,6-9H2,1H3,(H,17,18). The molecule has 1 aromatic carbocycles. The Kier molecular flexibility index (Phi) is 5.44. The van der Waals surface area contributed by atoms with E-state index in [2.05, 4.69) is 0 Å². The van der Waals surface area contributed by atoms with E-state index in [1.165, 1.54) is 19.2 Å². The van der Waals surface area contributed by atoms with Gasteiger partial charge in [-0.25, -0.2) is 8.42 Å². The number of halogens is 1. The number of ether oxygens (including phenoxy) is 1. The molecule has 1 aromatic rings. The monoisotopic (exact) mass is 347 g/mol. The summed E-state index contributed by atoms with van der Waals surface area (Å²) in [4.78, 5) is 11.6. The predicted molar refractivity (Wildman–Crippen MR) is 82.3 cm³/mol. The van der Waals surface area contributed by atoms with Crippen molar-refractivity contribution in [2.24, 2.45) is 5.92 Å². The third-order valence-corrected chi connectivity index (χ3v) is 6.03. The Balaban J connectivity index is 2.28. The molecule has 1 fully saturated rings. The molecule has 0 amide bonds. The minimum atomic E-state index is -3.74. The second-order valence-electron chi connectivity index (χ2n) is 5.29. The van der Waals surface area contributed by atoms with E-state index in [1.54, 1.807) is 12.1 Å². The van der Waals surface area contributed by atoms with Crippen LogP contribution in [-0.4, -0.2) is 49.8 Å². The molecule has 1 aliphatic heterocycles. The quantitative estimate of drug-likeness (QED) is 0.847. The van der Waals surface area contributed by atoms with E-state index in [0.717, 1.165) is 4.31 Å². The minimum Gasteiger partial charge on any atom is -0.480 e. The fourth-order valence-corrected chi connectivity index (χ4v) is 4.33. The highest BCUT2D eigenvalue weighted by molar-refractivity contribution is 7.89. The molecule has 1 heterocycles. The summed E-state index contributed by atoms with van der Waals surface area (Å²) in [5, 5.41) is 9.68. The SMILES string of the molecule is CN(C(C(=O)O)c1ccccc1Cl)S(=O)(=O)CC1CCOC1. The van der Waals surface area contributed by atoms with Crippen molar-refractivity contribution in [3.05, 3.63) is 34.9 Å². The molecule has 0 aromatic heterocycles. The molecule has 6 nitrogen and oxygen atoms in total. The molecule has 0 aliphatic carbocycles. The van der Waals surface area contributed by atoms with Crippen LogP contribution in [0.1, 0.15) is 18.0 Å². The Morgan fingerprint density at radius 3 is 2.73 bits per heavy atom. The van der Waals surface area contributed by atoms with Gasteiger partial charge in [0, 0.05) is 24.2 Å². The van der Waals surface area contributed by atoms with Crippen molar-refractivity contribution in [1.82, 2.24) is 4.31 Å². The van der Waals surface area contributed by atoms with Crippen molar-refractivity contribution in [2.45, 2.75) is 12.5 Å². The van der Waals surface area contributed by atoms with E-state index < -0.39 is 22.0 Å². The molecule has 0 saturated carbocycles. The van der Waals surface area contributed by atoms with Crippen LogP contribution < -0.4 is 0 Å². The van der Waals surface area contributed by atoms with Crippen LogP contribution >= 0.6 is 11.6 Å². The van der Waals surface area contributed by atoms with Gasteiger partial charge in [-0.1, -0.05) is 29.8 Å². The molecule has 2 unspecified atom stereocenters. The average molecular weight is 348 g/mol. The molecule has 1 N–H and O–H groups in total. The van der Waals surface area contributed by atoms with Crippen LogP contribution in [0.15, 0.2) is 24.3 Å². The number of hydrogen-bond donors (Lipinski definition) is 1. The van der Waals surface area contributed by atoms with Crippen LogP contribution in [0.4, 0.5) is 0 Å². The van der Waals surface area contributed by atoms with Crippen LogP contribution in [0.3, 0.4) is 0 Å². The number of rotatable bonds is 6. The average Bonchev–Trinajstić information content (AvgIpc) is 2.93. The maximum atomic E-state index is 12.5. The molecule has 8 heteroatoms. The molecule has 2 atom stereocenters. The van der Waals surface area contributed by atoms with E-state index in [9.17, 15) is 18.3 Å². The molecule has 22 heavy (non-hydrogen) atoms. The van der Waals surface area contributed by atoms with Gasteiger partial charge in [0.1, 0.15) is 6.04 Å². The van der Waals surface area contributed by atoms with Crippen LogP contribution in [0.2, 0.25) is 5.02 Å². The van der Waals surface area contributed by atoms with E-state index in [-0.39, 0.29) is 22.3 Å². The number of carboxylic acids is 1. The smallest absolute Gasteiger partial charge is 0.326 e. The van der Waals surface area contributed by atoms with E-state index >= 15 is 0 Å². The Labute approximate surface area is 134 Å². The minimum absolute atomic E-state index is 0.104. The Bertz CT molecular complexity index is 642. The van der Waals surface area contributed by atoms with E-state index in [1.807, 2.05) is 0 Å². The van der Waals surface area contributed by atoms with Crippen molar-refractivity contribution in [1.29, 1.82) is 0 Å². The lowest BCUT2D eigenvalue weighted by Crippen LogP contribution is -2.39. The first-order chi connectivity index (χ1) is 10.3. The van der Waals surface area contributed by atoms with Gasteiger partial charge in [-0.15, -0.1) is 0 Å². The summed E-state index contributed by atoms with van der Waals surface area (Å²) in [7, 11) is -2.47. The normalized spacial score (nSPS) is 20.2. The number of carbonyl (C=O) groups is 1. The molecule has 0 bridgehead atoms. The van der Waals surface area contributed by atoms with Crippen molar-refractivity contribution in [3.63, 3.8) is 0 Å². The van der Waals surface area contributed by atoms with Crippen LogP contribution in [-0.2, 0) is 19.6 Å². The summed E-state index contributed by atoms with van der Waals surface area (Å²) in [5.74, 6) is -1.49. The Morgan fingerprint density at radius 1 is 1.50 bits per heavy atom. The van der Waals surface area contributed by atoms with Crippen molar-refractivity contribution >= 4 is 27.6 Å². The fraction of sp³-hybridized carbons (Fsp3) is 0.500. The highest BCUT2D eigenvalue weighted by Gasteiger charge is 2.36. The van der Waals surface area contributed by atoms with E-state index in [4.69, 9.17) is 16.3 Å². The highest BCUT2D eigenvalue weighted by Crippen LogP contribution is 2.30. The zero-order valence-electron chi connectivity index (χ0n) is 12.1. The van der Waals surface area contributed by atoms with Crippen LogP contribution in [0.5, 0.6) is 0 Å². The van der Waals surface area contributed by atoms with Gasteiger partial charge in [-0.05, 0) is 18.4 Å². The number of hydrogen-bond acceptors (Lipinski definition) is 4. The van der Waals surface area contributed by atoms with Gasteiger partial charge in [0.2, 0.25) is 10.0 Å². The van der Waals surface area contributed by atoms with Crippen LogP contribution in [0.25, 0.3) is 0 Å². The summed E-state index contributed by atoms with van der Waals surface area (Å²) in [6.07, 6.45) is 0.664. The topological polar surface area (TPSA) is 83.9 Å². The number of carboxylic acid groups (broad SMARTS) is 1. The second-order valence-corrected chi connectivity index (χ2v) is 7.77. The number of nitrogens with zero attached hydrogens (tertiary/aromatic N) is 1. The Morgan fingerprint density at radius 2 is 2.18 bits per heavy atom. The van der Waals surface area contributed by atoms with Crippen LogP contribution in [0, 0.1) is 5.92 Å². The zero-order valence-corrected chi connectivity index (χ0v) is 13.7. The summed E-state index contributed by atoms with van der Waals surface area (Å²) >= 11 is 6.02.